The number of rotatable bonds is 4. The van der Waals surface area contributed by atoms with Gasteiger partial charge in [-0.3, -0.25) is 0 Å². The van der Waals surface area contributed by atoms with E-state index in [4.69, 9.17) is 0 Å². The maximum atomic E-state index is 12.6. The van der Waals surface area contributed by atoms with Gasteiger partial charge in [0.05, 0.1) is 11.6 Å². The lowest BCUT2D eigenvalue weighted by atomic mass is 9.96. The van der Waals surface area contributed by atoms with E-state index in [0.29, 0.717) is 11.8 Å². The van der Waals surface area contributed by atoms with Gasteiger partial charge in [0, 0.05) is 5.75 Å². The van der Waals surface area contributed by atoms with Crippen LogP contribution in [0.15, 0.2) is 29.4 Å². The second-order valence-corrected chi connectivity index (χ2v) is 6.62. The molecule has 2 aromatic rings. The van der Waals surface area contributed by atoms with E-state index in [0.717, 1.165) is 35.7 Å². The first kappa shape index (κ1) is 16.3. The molecule has 1 saturated carbocycles. The number of alkyl halides is 3. The van der Waals surface area contributed by atoms with Crippen molar-refractivity contribution in [1.82, 2.24) is 20.2 Å². The van der Waals surface area contributed by atoms with Gasteiger partial charge in [0.1, 0.15) is 0 Å². The zero-order chi connectivity index (χ0) is 16.3. The normalized spacial score (nSPS) is 16.7. The number of hydrogen-bond donors (Lipinski definition) is 0. The summed E-state index contributed by atoms with van der Waals surface area (Å²) in [7, 11) is 0. The molecule has 124 valence electrons. The standard InChI is InChI=1S/C15H17F3N4S/c16-15(17,18)12-8-6-11(7-9-12)10-23-14-19-20-21-22(14)13-4-2-1-3-5-13/h6-9,13H,1-5,10H2. The third-order valence-corrected chi connectivity index (χ3v) is 5.04. The fraction of sp³-hybridized carbons (Fsp3) is 0.533. The highest BCUT2D eigenvalue weighted by Gasteiger charge is 2.30. The van der Waals surface area contributed by atoms with Gasteiger partial charge in [-0.25, -0.2) is 4.68 Å². The predicted octanol–water partition coefficient (Wildman–Crippen LogP) is 4.49. The van der Waals surface area contributed by atoms with Crippen LogP contribution in [-0.2, 0) is 11.9 Å². The Hall–Kier alpha value is -1.57. The Balaban J connectivity index is 1.63. The summed E-state index contributed by atoms with van der Waals surface area (Å²) in [6.45, 7) is 0. The van der Waals surface area contributed by atoms with E-state index >= 15 is 0 Å². The summed E-state index contributed by atoms with van der Waals surface area (Å²) < 4.78 is 39.5. The first-order valence-corrected chi connectivity index (χ1v) is 8.59. The number of aromatic nitrogens is 4. The Bertz CT molecular complexity index is 633. The van der Waals surface area contributed by atoms with E-state index in [2.05, 4.69) is 15.5 Å². The molecular formula is C15H17F3N4S. The molecule has 0 atom stereocenters. The van der Waals surface area contributed by atoms with Crippen LogP contribution in [0.2, 0.25) is 0 Å². The van der Waals surface area contributed by atoms with Gasteiger partial charge in [0.25, 0.3) is 0 Å². The van der Waals surface area contributed by atoms with Crippen molar-refractivity contribution in [2.24, 2.45) is 0 Å². The average Bonchev–Trinajstić information content (AvgIpc) is 3.02. The Kier molecular flexibility index (Phi) is 4.89. The summed E-state index contributed by atoms with van der Waals surface area (Å²) in [6, 6.07) is 5.57. The van der Waals surface area contributed by atoms with Crippen molar-refractivity contribution >= 4 is 11.8 Å². The second kappa shape index (κ2) is 6.90. The number of benzene rings is 1. The largest absolute Gasteiger partial charge is 0.416 e. The van der Waals surface area contributed by atoms with Crippen LogP contribution in [-0.4, -0.2) is 20.2 Å². The molecule has 0 aliphatic heterocycles. The minimum Gasteiger partial charge on any atom is -0.217 e. The Morgan fingerprint density at radius 3 is 2.43 bits per heavy atom. The summed E-state index contributed by atoms with van der Waals surface area (Å²) >= 11 is 1.46. The SMILES string of the molecule is FC(F)(F)c1ccc(CSc2nnnn2C2CCCCC2)cc1. The van der Waals surface area contributed by atoms with Crippen LogP contribution in [0.3, 0.4) is 0 Å². The van der Waals surface area contributed by atoms with Crippen molar-refractivity contribution in [2.75, 3.05) is 0 Å². The van der Waals surface area contributed by atoms with E-state index < -0.39 is 11.7 Å². The Labute approximate surface area is 136 Å². The molecule has 1 fully saturated rings. The van der Waals surface area contributed by atoms with Crippen molar-refractivity contribution in [2.45, 2.75) is 55.2 Å². The third kappa shape index (κ3) is 4.04. The molecule has 1 aromatic carbocycles. The molecule has 23 heavy (non-hydrogen) atoms. The summed E-state index contributed by atoms with van der Waals surface area (Å²) in [4.78, 5) is 0. The maximum Gasteiger partial charge on any atom is 0.416 e. The minimum atomic E-state index is -4.29. The molecular weight excluding hydrogens is 325 g/mol. The van der Waals surface area contributed by atoms with Crippen LogP contribution in [0.5, 0.6) is 0 Å². The molecule has 0 N–H and O–H groups in total. The zero-order valence-electron chi connectivity index (χ0n) is 12.5. The average molecular weight is 342 g/mol. The van der Waals surface area contributed by atoms with Crippen LogP contribution in [0.25, 0.3) is 0 Å². The second-order valence-electron chi connectivity index (χ2n) is 5.68. The van der Waals surface area contributed by atoms with E-state index in [1.807, 2.05) is 4.68 Å². The van der Waals surface area contributed by atoms with Crippen molar-refractivity contribution in [3.8, 4) is 0 Å². The Morgan fingerprint density at radius 2 is 1.78 bits per heavy atom. The smallest absolute Gasteiger partial charge is 0.217 e. The summed E-state index contributed by atoms with van der Waals surface area (Å²) in [6.07, 6.45) is 1.50. The lowest BCUT2D eigenvalue weighted by Crippen LogP contribution is -2.15. The quantitative estimate of drug-likeness (QED) is 0.768. The molecule has 0 radical (unpaired) electrons. The lowest BCUT2D eigenvalue weighted by Gasteiger charge is -2.21. The highest BCUT2D eigenvalue weighted by molar-refractivity contribution is 7.98. The minimum absolute atomic E-state index is 0.342. The van der Waals surface area contributed by atoms with Gasteiger partial charge in [0.2, 0.25) is 5.16 Å². The van der Waals surface area contributed by atoms with E-state index in [1.165, 1.54) is 43.2 Å². The van der Waals surface area contributed by atoms with Gasteiger partial charge in [-0.1, -0.05) is 43.2 Å². The fourth-order valence-electron chi connectivity index (χ4n) is 2.77. The maximum absolute atomic E-state index is 12.6. The molecule has 0 bridgehead atoms. The first-order valence-electron chi connectivity index (χ1n) is 7.61. The number of hydrogen-bond acceptors (Lipinski definition) is 4. The number of tetrazole rings is 1. The molecule has 0 amide bonds. The van der Waals surface area contributed by atoms with Crippen molar-refractivity contribution in [3.63, 3.8) is 0 Å². The third-order valence-electron chi connectivity index (χ3n) is 4.03. The van der Waals surface area contributed by atoms with Crippen molar-refractivity contribution < 1.29 is 13.2 Å². The molecule has 1 heterocycles. The van der Waals surface area contributed by atoms with Crippen LogP contribution in [0.4, 0.5) is 13.2 Å². The van der Waals surface area contributed by atoms with Crippen LogP contribution in [0, 0.1) is 0 Å². The monoisotopic (exact) mass is 342 g/mol. The number of thioether (sulfide) groups is 1. The van der Waals surface area contributed by atoms with Gasteiger partial charge in [0.15, 0.2) is 0 Å². The molecule has 0 saturated heterocycles. The highest BCUT2D eigenvalue weighted by atomic mass is 32.2. The highest BCUT2D eigenvalue weighted by Crippen LogP contribution is 2.32. The summed E-state index contributed by atoms with van der Waals surface area (Å²) in [5.74, 6) is 0.547. The zero-order valence-corrected chi connectivity index (χ0v) is 13.3. The molecule has 8 heteroatoms. The Morgan fingerprint density at radius 1 is 1.09 bits per heavy atom. The predicted molar refractivity (Wildman–Crippen MR) is 80.9 cm³/mol. The van der Waals surface area contributed by atoms with Crippen molar-refractivity contribution in [1.29, 1.82) is 0 Å². The number of halogens is 3. The molecule has 1 aliphatic rings. The number of nitrogens with zero attached hydrogens (tertiary/aromatic N) is 4. The van der Waals surface area contributed by atoms with E-state index in [1.54, 1.807) is 0 Å². The van der Waals surface area contributed by atoms with E-state index in [9.17, 15) is 13.2 Å². The van der Waals surface area contributed by atoms with Gasteiger partial charge in [-0.05, 0) is 41.0 Å². The fourth-order valence-corrected chi connectivity index (χ4v) is 3.67. The van der Waals surface area contributed by atoms with Gasteiger partial charge >= 0.3 is 6.18 Å². The van der Waals surface area contributed by atoms with E-state index in [-0.39, 0.29) is 0 Å². The van der Waals surface area contributed by atoms with Crippen LogP contribution < -0.4 is 0 Å². The first-order chi connectivity index (χ1) is 11.0. The van der Waals surface area contributed by atoms with Gasteiger partial charge in [-0.2, -0.15) is 13.2 Å². The molecule has 0 spiro atoms. The molecule has 1 aliphatic carbocycles. The summed E-state index contributed by atoms with van der Waals surface area (Å²) in [5.41, 5.74) is 0.194. The topological polar surface area (TPSA) is 43.6 Å². The summed E-state index contributed by atoms with van der Waals surface area (Å²) in [5, 5.41) is 12.6. The van der Waals surface area contributed by atoms with Gasteiger partial charge < -0.3 is 0 Å². The molecule has 4 nitrogen and oxygen atoms in total. The van der Waals surface area contributed by atoms with Crippen molar-refractivity contribution in [3.05, 3.63) is 35.4 Å². The lowest BCUT2D eigenvalue weighted by molar-refractivity contribution is -0.137. The van der Waals surface area contributed by atoms with Crippen LogP contribution >= 0.6 is 11.8 Å². The van der Waals surface area contributed by atoms with Gasteiger partial charge in [-0.15, -0.1) is 5.10 Å². The molecule has 0 unspecified atom stereocenters. The molecule has 1 aromatic heterocycles. The van der Waals surface area contributed by atoms with Crippen LogP contribution in [0.1, 0.15) is 49.3 Å². The molecule has 3 rings (SSSR count).